The number of anilines is 1. The SMILES string of the molecule is [2H]c1nc2c(Sc3ccccc3)cn([2H])c2c(N2CCN(C(=O)OC(C)(C)C)CC2)c1[2H]. The molecule has 7 heteroatoms. The van der Waals surface area contributed by atoms with Gasteiger partial charge in [-0.3, -0.25) is 4.98 Å². The Hall–Kier alpha value is -2.67. The van der Waals surface area contributed by atoms with Crippen LogP contribution < -0.4 is 4.90 Å². The van der Waals surface area contributed by atoms with Crippen molar-refractivity contribution in [1.29, 1.82) is 0 Å². The molecule has 0 atom stereocenters. The van der Waals surface area contributed by atoms with Gasteiger partial charge in [0.1, 0.15) is 11.1 Å². The van der Waals surface area contributed by atoms with E-state index in [2.05, 4.69) is 4.98 Å². The number of ether oxygens (including phenoxy) is 1. The van der Waals surface area contributed by atoms with Gasteiger partial charge >= 0.3 is 6.09 Å². The van der Waals surface area contributed by atoms with E-state index >= 15 is 0 Å². The first-order valence-electron chi connectivity index (χ1n) is 11.1. The number of hydrogen-bond acceptors (Lipinski definition) is 5. The number of piperazine rings is 1. The van der Waals surface area contributed by atoms with Crippen molar-refractivity contribution in [2.75, 3.05) is 31.1 Å². The van der Waals surface area contributed by atoms with Crippen LogP contribution in [0.15, 0.2) is 58.5 Å². The lowest BCUT2D eigenvalue weighted by atomic mass is 10.2. The van der Waals surface area contributed by atoms with E-state index in [9.17, 15) is 4.79 Å². The predicted molar refractivity (Wildman–Crippen MR) is 117 cm³/mol. The van der Waals surface area contributed by atoms with Crippen molar-refractivity contribution < 1.29 is 13.7 Å². The second-order valence-corrected chi connectivity index (χ2v) is 9.00. The van der Waals surface area contributed by atoms with Gasteiger partial charge in [0.15, 0.2) is 1.41 Å². The third-order valence-corrected chi connectivity index (χ3v) is 5.58. The Labute approximate surface area is 179 Å². The van der Waals surface area contributed by atoms with E-state index in [4.69, 9.17) is 8.89 Å². The van der Waals surface area contributed by atoms with Crippen LogP contribution in [0.4, 0.5) is 10.5 Å². The van der Waals surface area contributed by atoms with Crippen LogP contribution in [-0.4, -0.2) is 52.7 Å². The number of aromatic nitrogens is 2. The summed E-state index contributed by atoms with van der Waals surface area (Å²) in [6, 6.07) is 9.79. The number of amides is 1. The maximum absolute atomic E-state index is 12.4. The maximum Gasteiger partial charge on any atom is 0.410 e. The number of benzene rings is 1. The highest BCUT2D eigenvalue weighted by Crippen LogP contribution is 2.35. The maximum atomic E-state index is 12.4. The lowest BCUT2D eigenvalue weighted by Gasteiger charge is -2.36. The van der Waals surface area contributed by atoms with Gasteiger partial charge in [0.2, 0.25) is 0 Å². The molecular formula is C22H26N4O2S. The van der Waals surface area contributed by atoms with Gasteiger partial charge in [0.05, 0.1) is 18.8 Å². The minimum absolute atomic E-state index is 0.00826. The molecule has 0 radical (unpaired) electrons. The zero-order chi connectivity index (χ0) is 23.0. The monoisotopic (exact) mass is 413 g/mol. The lowest BCUT2D eigenvalue weighted by molar-refractivity contribution is 0.0240. The molecule has 1 saturated heterocycles. The average Bonchev–Trinajstić information content (AvgIpc) is 3.03. The lowest BCUT2D eigenvalue weighted by Crippen LogP contribution is -2.50. The van der Waals surface area contributed by atoms with Gasteiger partial charge in [-0.25, -0.2) is 4.79 Å². The van der Waals surface area contributed by atoms with E-state index in [1.165, 1.54) is 16.7 Å². The van der Waals surface area contributed by atoms with Crippen molar-refractivity contribution in [2.45, 2.75) is 36.2 Å². The molecule has 0 bridgehead atoms. The molecule has 0 spiro atoms. The van der Waals surface area contributed by atoms with Crippen molar-refractivity contribution in [2.24, 2.45) is 0 Å². The zero-order valence-corrected chi connectivity index (χ0v) is 17.6. The first kappa shape index (κ1) is 16.2. The summed E-state index contributed by atoms with van der Waals surface area (Å²) < 4.78 is 30.7. The van der Waals surface area contributed by atoms with Crippen LogP contribution in [0.2, 0.25) is 1.41 Å². The van der Waals surface area contributed by atoms with Gasteiger partial charge in [0.25, 0.3) is 0 Å². The molecule has 2 aromatic heterocycles. The van der Waals surface area contributed by atoms with Crippen molar-refractivity contribution in [3.63, 3.8) is 0 Å². The number of hydrogen-bond donors (Lipinski definition) is 1. The highest BCUT2D eigenvalue weighted by Gasteiger charge is 2.27. The van der Waals surface area contributed by atoms with Crippen LogP contribution >= 0.6 is 11.8 Å². The molecule has 0 unspecified atom stereocenters. The fraction of sp³-hybridized carbons (Fsp3) is 0.364. The molecule has 1 aliphatic rings. The van der Waals surface area contributed by atoms with Crippen molar-refractivity contribution >= 4 is 34.6 Å². The third-order valence-electron chi connectivity index (χ3n) is 4.55. The highest BCUT2D eigenvalue weighted by atomic mass is 32.2. The Kier molecular flexibility index (Phi) is 4.45. The molecule has 1 fully saturated rings. The van der Waals surface area contributed by atoms with Crippen molar-refractivity contribution in [1.82, 2.24) is 14.9 Å². The summed E-state index contributed by atoms with van der Waals surface area (Å²) in [7, 11) is 0. The second kappa shape index (κ2) is 7.99. The quantitative estimate of drug-likeness (QED) is 0.670. The molecule has 4 rings (SSSR count). The number of nitrogens with zero attached hydrogens (tertiary/aromatic N) is 3. The summed E-state index contributed by atoms with van der Waals surface area (Å²) in [4.78, 5) is 23.4. The highest BCUT2D eigenvalue weighted by molar-refractivity contribution is 7.99. The summed E-state index contributed by atoms with van der Waals surface area (Å²) >= 11 is 1.48. The second-order valence-electron chi connectivity index (χ2n) is 7.89. The van der Waals surface area contributed by atoms with Crippen LogP contribution in [0.25, 0.3) is 11.0 Å². The Balaban J connectivity index is 1.63. The Morgan fingerprint density at radius 2 is 1.97 bits per heavy atom. The van der Waals surface area contributed by atoms with Crippen LogP contribution in [-0.2, 0) is 4.74 Å². The van der Waals surface area contributed by atoms with Gasteiger partial charge in [0, 0.05) is 43.4 Å². The Morgan fingerprint density at radius 1 is 1.24 bits per heavy atom. The topological polar surface area (TPSA) is 61.5 Å². The van der Waals surface area contributed by atoms with E-state index in [0.29, 0.717) is 42.9 Å². The van der Waals surface area contributed by atoms with E-state index in [1.807, 2.05) is 56.0 Å². The normalized spacial score (nSPS) is 16.4. The number of H-pyrrole nitrogens is 1. The molecule has 0 aliphatic carbocycles. The fourth-order valence-corrected chi connectivity index (χ4v) is 4.09. The average molecular weight is 414 g/mol. The van der Waals surface area contributed by atoms with E-state index in [1.54, 1.807) is 11.1 Å². The summed E-state index contributed by atoms with van der Waals surface area (Å²) in [6.07, 6.45) is 1.20. The number of pyridine rings is 1. The Bertz CT molecular complexity index is 1140. The predicted octanol–water partition coefficient (Wildman–Crippen LogP) is 4.77. The molecule has 3 aromatic rings. The molecule has 1 N–H and O–H groups in total. The molecule has 1 aliphatic heterocycles. The van der Waals surface area contributed by atoms with Crippen LogP contribution in [0.1, 0.15) is 23.5 Å². The smallest absolute Gasteiger partial charge is 0.410 e. The third kappa shape index (κ3) is 4.50. The standard InChI is InChI=1S/C22H26N4O2S/c1-22(2,3)28-21(27)26-13-11-25(12-14-26)17-9-10-23-20-18(15-24-19(17)20)29-16-7-5-4-6-8-16/h4-10,15,24H,11-14H2,1-3H3/i9D,10D/hD. The van der Waals surface area contributed by atoms with Crippen LogP contribution in [0.5, 0.6) is 0 Å². The number of fused-ring (bicyclic) bond motifs is 1. The number of carbonyl (C=O) groups excluding carboxylic acids is 1. The van der Waals surface area contributed by atoms with Gasteiger partial charge in [-0.2, -0.15) is 0 Å². The van der Waals surface area contributed by atoms with Crippen LogP contribution in [0, 0.1) is 0 Å². The molecule has 29 heavy (non-hydrogen) atoms. The molecule has 1 aromatic carbocycles. The summed E-state index contributed by atoms with van der Waals surface area (Å²) in [5.41, 5.74) is 1.01. The first-order chi connectivity index (χ1) is 15.1. The minimum Gasteiger partial charge on any atom is -0.444 e. The van der Waals surface area contributed by atoms with Crippen LogP contribution in [0.3, 0.4) is 0 Å². The van der Waals surface area contributed by atoms with Crippen molar-refractivity contribution in [3.05, 3.63) is 48.7 Å². The molecular weight excluding hydrogens is 384 g/mol. The molecule has 3 heterocycles. The Morgan fingerprint density at radius 3 is 2.66 bits per heavy atom. The van der Waals surface area contributed by atoms with Gasteiger partial charge < -0.3 is 19.5 Å². The van der Waals surface area contributed by atoms with E-state index in [0.717, 1.165) is 9.79 Å². The summed E-state index contributed by atoms with van der Waals surface area (Å²) in [6.45, 7) is 7.36. The van der Waals surface area contributed by atoms with Gasteiger partial charge in [-0.15, -0.1) is 0 Å². The minimum atomic E-state index is -0.557. The molecule has 1 amide bonds. The number of aromatic amines is 1. The zero-order valence-electron chi connectivity index (χ0n) is 19.8. The van der Waals surface area contributed by atoms with E-state index in [-0.39, 0.29) is 18.3 Å². The first-order valence-corrected chi connectivity index (χ1v) is 10.4. The fourth-order valence-electron chi connectivity index (χ4n) is 3.20. The summed E-state index contributed by atoms with van der Waals surface area (Å²) in [5, 5.41) is 0. The largest absolute Gasteiger partial charge is 0.444 e. The number of nitrogens with one attached hydrogen (secondary N) is 1. The molecule has 6 nitrogen and oxygen atoms in total. The van der Waals surface area contributed by atoms with Gasteiger partial charge in [-0.05, 0) is 38.9 Å². The summed E-state index contributed by atoms with van der Waals surface area (Å²) in [5.74, 6) is 0. The van der Waals surface area contributed by atoms with E-state index < -0.39 is 5.60 Å². The van der Waals surface area contributed by atoms with Gasteiger partial charge in [-0.1, -0.05) is 30.0 Å². The number of carbonyl (C=O) groups is 1. The number of rotatable bonds is 3. The molecule has 0 saturated carbocycles. The van der Waals surface area contributed by atoms with Crippen molar-refractivity contribution in [3.8, 4) is 0 Å². The molecule has 152 valence electrons.